The molecule has 1 rings (SSSR count). The minimum Gasteiger partial charge on any atom is -0.477 e. The Kier molecular flexibility index (Phi) is 3.93. The number of thiazole rings is 1. The maximum atomic E-state index is 11.4. The van der Waals surface area contributed by atoms with Gasteiger partial charge in [-0.05, 0) is 13.8 Å². The lowest BCUT2D eigenvalue weighted by atomic mass is 10.4. The second-order valence-corrected chi connectivity index (χ2v) is 3.80. The van der Waals surface area contributed by atoms with E-state index in [1.807, 2.05) is 0 Å². The fourth-order valence-electron chi connectivity index (χ4n) is 0.971. The molecule has 0 aliphatic carbocycles. The van der Waals surface area contributed by atoms with E-state index in [4.69, 9.17) is 9.84 Å². The topological polar surface area (TPSA) is 76.5 Å². The lowest BCUT2D eigenvalue weighted by Crippen LogP contribution is -2.08. The van der Waals surface area contributed by atoms with Gasteiger partial charge in [-0.15, -0.1) is 11.3 Å². The number of aromatic carboxylic acids is 1. The molecule has 0 bridgehead atoms. The van der Waals surface area contributed by atoms with Crippen LogP contribution in [0.4, 0.5) is 0 Å². The van der Waals surface area contributed by atoms with E-state index in [0.717, 1.165) is 11.3 Å². The minimum atomic E-state index is -1.06. The van der Waals surface area contributed by atoms with E-state index >= 15 is 0 Å². The predicted molar refractivity (Wildman–Crippen MR) is 54.6 cm³/mol. The molecule has 6 heteroatoms. The summed E-state index contributed by atoms with van der Waals surface area (Å²) in [6, 6.07) is 0. The maximum absolute atomic E-state index is 11.4. The molecule has 0 atom stereocenters. The lowest BCUT2D eigenvalue weighted by molar-refractivity contribution is 0.0700. The van der Waals surface area contributed by atoms with Gasteiger partial charge in [0.25, 0.3) is 0 Å². The van der Waals surface area contributed by atoms with Gasteiger partial charge in [0.1, 0.15) is 11.5 Å². The van der Waals surface area contributed by atoms with Crippen molar-refractivity contribution >= 4 is 23.1 Å². The zero-order chi connectivity index (χ0) is 11.4. The van der Waals surface area contributed by atoms with Crippen molar-refractivity contribution in [2.45, 2.75) is 13.8 Å². The summed E-state index contributed by atoms with van der Waals surface area (Å²) < 4.78 is 4.93. The van der Waals surface area contributed by atoms with Gasteiger partial charge in [0.05, 0.1) is 5.69 Å². The van der Waals surface area contributed by atoms with Crippen molar-refractivity contribution in [1.82, 2.24) is 4.98 Å². The summed E-state index contributed by atoms with van der Waals surface area (Å²) >= 11 is 0.886. The van der Waals surface area contributed by atoms with Crippen LogP contribution in [-0.2, 0) is 4.74 Å². The van der Waals surface area contributed by atoms with Crippen molar-refractivity contribution in [3.63, 3.8) is 0 Å². The molecule has 5 nitrogen and oxygen atoms in total. The van der Waals surface area contributed by atoms with E-state index in [2.05, 4.69) is 4.98 Å². The first-order chi connectivity index (χ1) is 7.06. The van der Waals surface area contributed by atoms with Crippen LogP contribution >= 0.6 is 11.3 Å². The van der Waals surface area contributed by atoms with Crippen LogP contribution in [0.3, 0.4) is 0 Å². The van der Waals surface area contributed by atoms with E-state index in [0.29, 0.717) is 12.3 Å². The van der Waals surface area contributed by atoms with Crippen LogP contribution in [0.15, 0.2) is 0 Å². The normalized spacial score (nSPS) is 10.3. The molecule has 0 aliphatic heterocycles. The number of Topliss-reactive ketones (excluding diaryl/α,β-unsaturated/α-hetero) is 1. The summed E-state index contributed by atoms with van der Waals surface area (Å²) in [5.74, 6) is -1.34. The number of carboxylic acid groups (broad SMARTS) is 1. The van der Waals surface area contributed by atoms with Crippen molar-refractivity contribution in [1.29, 1.82) is 0 Å². The number of hydrogen-bond donors (Lipinski definition) is 1. The van der Waals surface area contributed by atoms with Crippen LogP contribution < -0.4 is 0 Å². The first-order valence-electron chi connectivity index (χ1n) is 4.38. The summed E-state index contributed by atoms with van der Waals surface area (Å²) in [4.78, 5) is 26.1. The highest BCUT2D eigenvalue weighted by atomic mass is 32.1. The fourth-order valence-corrected chi connectivity index (χ4v) is 1.80. The number of hydrogen-bond acceptors (Lipinski definition) is 5. The molecule has 0 spiro atoms. The zero-order valence-electron chi connectivity index (χ0n) is 8.44. The van der Waals surface area contributed by atoms with E-state index in [1.165, 1.54) is 0 Å². The van der Waals surface area contributed by atoms with Gasteiger partial charge in [-0.3, -0.25) is 4.79 Å². The Morgan fingerprint density at radius 1 is 1.53 bits per heavy atom. The number of rotatable bonds is 5. The number of carbonyl (C=O) groups is 2. The number of ketones is 1. The molecule has 0 aliphatic rings. The van der Waals surface area contributed by atoms with Crippen molar-refractivity contribution < 1.29 is 19.4 Å². The molecular weight excluding hydrogens is 218 g/mol. The molecule has 0 saturated carbocycles. The molecule has 0 unspecified atom stereocenters. The van der Waals surface area contributed by atoms with Gasteiger partial charge in [0.15, 0.2) is 5.01 Å². The van der Waals surface area contributed by atoms with Gasteiger partial charge in [-0.2, -0.15) is 0 Å². The smallest absolute Gasteiger partial charge is 0.347 e. The van der Waals surface area contributed by atoms with Crippen molar-refractivity contribution in [3.8, 4) is 0 Å². The Hall–Kier alpha value is -1.27. The van der Waals surface area contributed by atoms with Gasteiger partial charge in [-0.1, -0.05) is 0 Å². The molecule has 15 heavy (non-hydrogen) atoms. The quantitative estimate of drug-likeness (QED) is 0.771. The first-order valence-corrected chi connectivity index (χ1v) is 5.19. The van der Waals surface area contributed by atoms with Crippen molar-refractivity contribution in [2.75, 3.05) is 13.2 Å². The lowest BCUT2D eigenvalue weighted by Gasteiger charge is -1.95. The third kappa shape index (κ3) is 2.84. The minimum absolute atomic E-state index is 0.0531. The Bertz CT molecular complexity index is 385. The second kappa shape index (κ2) is 4.99. The van der Waals surface area contributed by atoms with Crippen LogP contribution in [0.2, 0.25) is 0 Å². The first kappa shape index (κ1) is 11.8. The van der Waals surface area contributed by atoms with Gasteiger partial charge >= 0.3 is 5.97 Å². The van der Waals surface area contributed by atoms with Gasteiger partial charge in [-0.25, -0.2) is 9.78 Å². The number of aromatic nitrogens is 1. The van der Waals surface area contributed by atoms with Crippen molar-refractivity contribution in [2.24, 2.45) is 0 Å². The average molecular weight is 229 g/mol. The second-order valence-electron chi connectivity index (χ2n) is 2.80. The molecule has 1 aromatic heterocycles. The van der Waals surface area contributed by atoms with Gasteiger partial charge < -0.3 is 9.84 Å². The number of aryl methyl sites for hydroxylation is 1. The predicted octanol–water partition coefficient (Wildman–Crippen LogP) is 1.37. The SMILES string of the molecule is CCOCC(=O)c1nc(C)c(C(=O)O)s1. The van der Waals surface area contributed by atoms with Crippen molar-refractivity contribution in [3.05, 3.63) is 15.6 Å². The number of ether oxygens (including phenoxy) is 1. The largest absolute Gasteiger partial charge is 0.477 e. The number of carboxylic acids is 1. The molecular formula is C9H11NO4S. The molecule has 82 valence electrons. The van der Waals surface area contributed by atoms with E-state index < -0.39 is 5.97 Å². The zero-order valence-corrected chi connectivity index (χ0v) is 9.26. The highest BCUT2D eigenvalue weighted by molar-refractivity contribution is 7.15. The molecule has 0 radical (unpaired) electrons. The molecule has 0 aromatic carbocycles. The van der Waals surface area contributed by atoms with Gasteiger partial charge in [0, 0.05) is 6.61 Å². The van der Waals surface area contributed by atoms with E-state index in [-0.39, 0.29) is 22.3 Å². The summed E-state index contributed by atoms with van der Waals surface area (Å²) in [7, 11) is 0. The Morgan fingerprint density at radius 2 is 2.20 bits per heavy atom. The maximum Gasteiger partial charge on any atom is 0.347 e. The summed E-state index contributed by atoms with van der Waals surface area (Å²) in [5.41, 5.74) is 0.368. The van der Waals surface area contributed by atoms with Gasteiger partial charge in [0.2, 0.25) is 5.78 Å². The Morgan fingerprint density at radius 3 is 2.67 bits per heavy atom. The standard InChI is InChI=1S/C9H11NO4S/c1-3-14-4-6(11)8-10-5(2)7(15-8)9(12)13/h3-4H2,1-2H3,(H,12,13). The van der Waals surface area contributed by atoms with Crippen LogP contribution in [0.1, 0.15) is 32.1 Å². The average Bonchev–Trinajstić information content (AvgIpc) is 2.56. The van der Waals surface area contributed by atoms with Crippen LogP contribution in [-0.4, -0.2) is 35.1 Å². The Balaban J connectivity index is 2.83. The van der Waals surface area contributed by atoms with E-state index in [1.54, 1.807) is 13.8 Å². The summed E-state index contributed by atoms with van der Waals surface area (Å²) in [6.07, 6.45) is 0. The highest BCUT2D eigenvalue weighted by Gasteiger charge is 2.18. The monoisotopic (exact) mass is 229 g/mol. The van der Waals surface area contributed by atoms with Crippen LogP contribution in [0.25, 0.3) is 0 Å². The summed E-state index contributed by atoms with van der Waals surface area (Å²) in [5, 5.41) is 8.96. The highest BCUT2D eigenvalue weighted by Crippen LogP contribution is 2.18. The Labute approximate surface area is 90.7 Å². The molecule has 0 fully saturated rings. The molecule has 0 saturated heterocycles. The molecule has 1 N–H and O–H groups in total. The van der Waals surface area contributed by atoms with E-state index in [9.17, 15) is 9.59 Å². The van der Waals surface area contributed by atoms with Crippen LogP contribution in [0.5, 0.6) is 0 Å². The molecule has 1 heterocycles. The third-order valence-corrected chi connectivity index (χ3v) is 2.85. The molecule has 0 amide bonds. The van der Waals surface area contributed by atoms with Crippen LogP contribution in [0, 0.1) is 6.92 Å². The third-order valence-electron chi connectivity index (χ3n) is 1.67. The molecule has 1 aromatic rings. The summed E-state index contributed by atoms with van der Waals surface area (Å²) in [6.45, 7) is 3.74. The fraction of sp³-hybridized carbons (Fsp3) is 0.444. The number of nitrogens with zero attached hydrogens (tertiary/aromatic N) is 1. The number of carbonyl (C=O) groups excluding carboxylic acids is 1.